The molecule has 5 nitrogen and oxygen atoms in total. The second-order valence-electron chi connectivity index (χ2n) is 6.33. The molecule has 1 aliphatic heterocycles. The number of urea groups is 1. The first-order valence-corrected chi connectivity index (χ1v) is 8.81. The van der Waals surface area contributed by atoms with Crippen molar-refractivity contribution in [2.75, 3.05) is 18.4 Å². The third-order valence-corrected chi connectivity index (χ3v) is 4.51. The molecule has 3 rings (SSSR count). The fraction of sp³-hybridized carbons (Fsp3) is 0.316. The molecule has 2 amide bonds. The van der Waals surface area contributed by atoms with Crippen molar-refractivity contribution in [3.8, 4) is 5.75 Å². The average molecular weight is 397 g/mol. The highest BCUT2D eigenvalue weighted by atomic mass is 35.5. The molecule has 1 aliphatic rings. The Labute approximate surface area is 160 Å². The number of piperidine rings is 1. The fourth-order valence-electron chi connectivity index (χ4n) is 2.75. The molecule has 0 radical (unpaired) electrons. The van der Waals surface area contributed by atoms with Gasteiger partial charge in [0.25, 0.3) is 5.92 Å². The second-order valence-corrected chi connectivity index (χ2v) is 6.77. The molecule has 1 saturated heterocycles. The summed E-state index contributed by atoms with van der Waals surface area (Å²) in [6, 6.07) is 13.4. The van der Waals surface area contributed by atoms with Gasteiger partial charge >= 0.3 is 6.03 Å². The number of hydrogen-bond acceptors (Lipinski definition) is 3. The van der Waals surface area contributed by atoms with Gasteiger partial charge in [-0.3, -0.25) is 0 Å². The van der Waals surface area contributed by atoms with Gasteiger partial charge in [0, 0.05) is 17.6 Å². The molecular formula is C19H19ClF2N2O3. The molecule has 8 heteroatoms. The summed E-state index contributed by atoms with van der Waals surface area (Å²) < 4.78 is 33.1. The third kappa shape index (κ3) is 4.87. The molecule has 0 bridgehead atoms. The van der Waals surface area contributed by atoms with E-state index in [1.54, 1.807) is 18.2 Å². The average Bonchev–Trinajstić information content (AvgIpc) is 2.64. The van der Waals surface area contributed by atoms with E-state index in [0.717, 1.165) is 10.5 Å². The Hall–Kier alpha value is -2.38. The molecule has 144 valence electrons. The number of aliphatic hydroxyl groups is 1. The minimum atomic E-state index is -3.33. The lowest BCUT2D eigenvalue weighted by Gasteiger charge is -2.35. The van der Waals surface area contributed by atoms with Gasteiger partial charge in [-0.1, -0.05) is 41.9 Å². The minimum absolute atomic E-state index is 0.0381. The number of benzene rings is 2. The Morgan fingerprint density at radius 3 is 2.74 bits per heavy atom. The monoisotopic (exact) mass is 396 g/mol. The number of halogens is 3. The van der Waals surface area contributed by atoms with Crippen molar-refractivity contribution in [3.63, 3.8) is 0 Å². The fourth-order valence-corrected chi connectivity index (χ4v) is 2.91. The molecule has 1 heterocycles. The molecular weight excluding hydrogens is 378 g/mol. The highest BCUT2D eigenvalue weighted by molar-refractivity contribution is 6.30. The molecule has 0 unspecified atom stereocenters. The summed E-state index contributed by atoms with van der Waals surface area (Å²) in [6.07, 6.45) is -1.92. The highest BCUT2D eigenvalue weighted by Crippen LogP contribution is 2.31. The highest BCUT2D eigenvalue weighted by Gasteiger charge is 2.45. The Bertz CT molecular complexity index is 805. The van der Waals surface area contributed by atoms with Crippen LogP contribution in [0.3, 0.4) is 0 Å². The number of carbonyl (C=O) groups excluding carboxylic acids is 1. The van der Waals surface area contributed by atoms with Crippen LogP contribution >= 0.6 is 11.6 Å². The summed E-state index contributed by atoms with van der Waals surface area (Å²) in [6.45, 7) is -0.539. The predicted octanol–water partition coefficient (Wildman–Crippen LogP) is 4.15. The van der Waals surface area contributed by atoms with Crippen LogP contribution in [-0.2, 0) is 6.61 Å². The Morgan fingerprint density at radius 1 is 1.30 bits per heavy atom. The van der Waals surface area contributed by atoms with Crippen LogP contribution in [0.25, 0.3) is 0 Å². The van der Waals surface area contributed by atoms with Crippen molar-refractivity contribution in [2.45, 2.75) is 25.1 Å². The van der Waals surface area contributed by atoms with E-state index in [1.165, 1.54) is 0 Å². The summed E-state index contributed by atoms with van der Waals surface area (Å²) in [7, 11) is 0. The molecule has 1 fully saturated rings. The maximum atomic E-state index is 13.7. The van der Waals surface area contributed by atoms with Crippen LogP contribution in [-0.4, -0.2) is 41.2 Å². The zero-order chi connectivity index (χ0) is 19.4. The molecule has 2 N–H and O–H groups in total. The van der Waals surface area contributed by atoms with Gasteiger partial charge in [0.2, 0.25) is 0 Å². The van der Waals surface area contributed by atoms with Gasteiger partial charge in [-0.2, -0.15) is 0 Å². The number of alkyl halides is 2. The molecule has 0 aliphatic carbocycles. The second kappa shape index (κ2) is 8.10. The summed E-state index contributed by atoms with van der Waals surface area (Å²) in [4.78, 5) is 13.4. The SMILES string of the molecule is O=C(Nc1ccc(Cl)cc1OCc1ccccc1)N1CC[C@H](O)C(F)(F)C1. The number of hydrogen-bond donors (Lipinski definition) is 2. The van der Waals surface area contributed by atoms with E-state index in [-0.39, 0.29) is 19.6 Å². The summed E-state index contributed by atoms with van der Waals surface area (Å²) in [5.74, 6) is -2.99. The van der Waals surface area contributed by atoms with Crippen molar-refractivity contribution in [2.24, 2.45) is 0 Å². The summed E-state index contributed by atoms with van der Waals surface area (Å²) in [5, 5.41) is 12.3. The van der Waals surface area contributed by atoms with Crippen LogP contribution in [0.2, 0.25) is 5.02 Å². The lowest BCUT2D eigenvalue weighted by Crippen LogP contribution is -2.54. The van der Waals surface area contributed by atoms with Crippen LogP contribution in [0, 0.1) is 0 Å². The van der Waals surface area contributed by atoms with Gasteiger partial charge in [0.15, 0.2) is 0 Å². The first-order valence-electron chi connectivity index (χ1n) is 8.43. The summed E-state index contributed by atoms with van der Waals surface area (Å²) >= 11 is 6.01. The number of nitrogens with zero attached hydrogens (tertiary/aromatic N) is 1. The number of nitrogens with one attached hydrogen (secondary N) is 1. The molecule has 0 saturated carbocycles. The van der Waals surface area contributed by atoms with Crippen LogP contribution in [0.1, 0.15) is 12.0 Å². The lowest BCUT2D eigenvalue weighted by atomic mass is 10.0. The first kappa shape index (κ1) is 19.4. The Kier molecular flexibility index (Phi) is 5.82. The zero-order valence-corrected chi connectivity index (χ0v) is 15.1. The normalized spacial score (nSPS) is 18.8. The van der Waals surface area contributed by atoms with Crippen molar-refractivity contribution in [1.82, 2.24) is 4.90 Å². The van der Waals surface area contributed by atoms with Crippen molar-refractivity contribution in [3.05, 3.63) is 59.1 Å². The van der Waals surface area contributed by atoms with Gasteiger partial charge < -0.3 is 20.1 Å². The van der Waals surface area contributed by atoms with Crippen molar-refractivity contribution < 1.29 is 23.4 Å². The van der Waals surface area contributed by atoms with E-state index in [1.807, 2.05) is 30.3 Å². The van der Waals surface area contributed by atoms with E-state index in [2.05, 4.69) is 5.32 Å². The van der Waals surface area contributed by atoms with E-state index in [9.17, 15) is 18.7 Å². The maximum absolute atomic E-state index is 13.7. The minimum Gasteiger partial charge on any atom is -0.487 e. The number of rotatable bonds is 4. The van der Waals surface area contributed by atoms with Crippen LogP contribution < -0.4 is 10.1 Å². The predicted molar refractivity (Wildman–Crippen MR) is 98.4 cm³/mol. The van der Waals surface area contributed by atoms with Crippen molar-refractivity contribution >= 4 is 23.3 Å². The number of likely N-dealkylation sites (tertiary alicyclic amines) is 1. The van der Waals surface area contributed by atoms with E-state index in [0.29, 0.717) is 16.5 Å². The molecule has 2 aromatic carbocycles. The van der Waals surface area contributed by atoms with Gasteiger partial charge in [-0.25, -0.2) is 13.6 Å². The zero-order valence-electron chi connectivity index (χ0n) is 14.4. The number of carbonyl (C=O) groups is 1. The lowest BCUT2D eigenvalue weighted by molar-refractivity contribution is -0.140. The first-order chi connectivity index (χ1) is 12.8. The topological polar surface area (TPSA) is 61.8 Å². The van der Waals surface area contributed by atoms with Crippen LogP contribution in [0.5, 0.6) is 5.75 Å². The van der Waals surface area contributed by atoms with Crippen molar-refractivity contribution in [1.29, 1.82) is 0 Å². The van der Waals surface area contributed by atoms with E-state index in [4.69, 9.17) is 16.3 Å². The molecule has 0 spiro atoms. The quantitative estimate of drug-likeness (QED) is 0.816. The smallest absolute Gasteiger partial charge is 0.322 e. The molecule has 0 aromatic heterocycles. The Morgan fingerprint density at radius 2 is 2.04 bits per heavy atom. The standard InChI is InChI=1S/C19H19ClF2N2O3/c20-14-6-7-15(16(10-14)27-11-13-4-2-1-3-5-13)23-18(26)24-9-8-17(25)19(21,22)12-24/h1-7,10,17,25H,8-9,11-12H2,(H,23,26)/t17-/m0/s1. The molecule has 1 atom stereocenters. The van der Waals surface area contributed by atoms with E-state index >= 15 is 0 Å². The number of aliphatic hydroxyl groups excluding tert-OH is 1. The van der Waals surface area contributed by atoms with Crippen LogP contribution in [0.15, 0.2) is 48.5 Å². The molecule has 27 heavy (non-hydrogen) atoms. The third-order valence-electron chi connectivity index (χ3n) is 4.27. The largest absolute Gasteiger partial charge is 0.487 e. The number of anilines is 1. The van der Waals surface area contributed by atoms with Gasteiger partial charge in [-0.15, -0.1) is 0 Å². The molecule has 2 aromatic rings. The van der Waals surface area contributed by atoms with E-state index < -0.39 is 24.6 Å². The van der Waals surface area contributed by atoms with Gasteiger partial charge in [0.05, 0.1) is 12.2 Å². The Balaban J connectivity index is 1.70. The van der Waals surface area contributed by atoms with Gasteiger partial charge in [0.1, 0.15) is 18.5 Å². The van der Waals surface area contributed by atoms with Crippen LogP contribution in [0.4, 0.5) is 19.3 Å². The summed E-state index contributed by atoms with van der Waals surface area (Å²) in [5.41, 5.74) is 1.26. The number of ether oxygens (including phenoxy) is 1. The number of amides is 2. The maximum Gasteiger partial charge on any atom is 0.322 e. The van der Waals surface area contributed by atoms with Gasteiger partial charge in [-0.05, 0) is 24.1 Å².